The summed E-state index contributed by atoms with van der Waals surface area (Å²) in [7, 11) is 0. The fraction of sp³-hybridized carbons (Fsp3) is 0.562. The molecule has 108 valence electrons. The predicted octanol–water partition coefficient (Wildman–Crippen LogP) is 2.85. The number of ether oxygens (including phenoxy) is 1. The lowest BCUT2D eigenvalue weighted by molar-refractivity contribution is -0.228. The van der Waals surface area contributed by atoms with Gasteiger partial charge in [0.05, 0.1) is 12.1 Å². The van der Waals surface area contributed by atoms with Crippen LogP contribution in [0.4, 0.5) is 0 Å². The van der Waals surface area contributed by atoms with E-state index in [1.54, 1.807) is 0 Å². The van der Waals surface area contributed by atoms with Gasteiger partial charge in [0.25, 0.3) is 0 Å². The Hall–Kier alpha value is -1.39. The molecule has 2 aliphatic heterocycles. The molecule has 0 aliphatic carbocycles. The topological polar surface area (TPSA) is 38.8 Å². The average Bonchev–Trinajstić information content (AvgIpc) is 2.91. The minimum atomic E-state index is -0.240. The highest BCUT2D eigenvalue weighted by Gasteiger charge is 2.46. The third-order valence-electron chi connectivity index (χ3n) is 4.09. The van der Waals surface area contributed by atoms with Gasteiger partial charge >= 0.3 is 5.97 Å². The zero-order chi connectivity index (χ0) is 13.9. The van der Waals surface area contributed by atoms with Crippen LogP contribution in [0, 0.1) is 0 Å². The molecule has 0 aromatic heterocycles. The van der Waals surface area contributed by atoms with E-state index in [4.69, 9.17) is 9.57 Å². The van der Waals surface area contributed by atoms with Gasteiger partial charge in [0.1, 0.15) is 12.6 Å². The maximum absolute atomic E-state index is 11.9. The quantitative estimate of drug-likeness (QED) is 0.792. The van der Waals surface area contributed by atoms with Gasteiger partial charge in [-0.2, -0.15) is 5.06 Å². The lowest BCUT2D eigenvalue weighted by Gasteiger charge is -2.34. The van der Waals surface area contributed by atoms with Crippen LogP contribution in [0.3, 0.4) is 0 Å². The molecule has 1 aromatic carbocycles. The van der Waals surface area contributed by atoms with E-state index in [1.165, 1.54) is 0 Å². The number of hydrogen-bond acceptors (Lipinski definition) is 4. The number of nitrogens with zero attached hydrogens (tertiary/aromatic N) is 1. The van der Waals surface area contributed by atoms with Crippen molar-refractivity contribution in [1.82, 2.24) is 5.06 Å². The molecule has 20 heavy (non-hydrogen) atoms. The first-order valence-electron chi connectivity index (χ1n) is 7.46. The third-order valence-corrected chi connectivity index (χ3v) is 4.09. The molecule has 0 N–H and O–H groups in total. The second-order valence-electron chi connectivity index (χ2n) is 5.54. The first kappa shape index (κ1) is 13.6. The van der Waals surface area contributed by atoms with Gasteiger partial charge in [-0.1, -0.05) is 50.1 Å². The lowest BCUT2D eigenvalue weighted by atomic mass is 10.0. The molecule has 0 spiro atoms. The van der Waals surface area contributed by atoms with Gasteiger partial charge in [0.2, 0.25) is 0 Å². The Morgan fingerprint density at radius 2 is 2.05 bits per heavy atom. The fourth-order valence-corrected chi connectivity index (χ4v) is 2.98. The zero-order valence-electron chi connectivity index (χ0n) is 11.8. The summed E-state index contributed by atoms with van der Waals surface area (Å²) in [5.74, 6) is -0.142. The summed E-state index contributed by atoms with van der Waals surface area (Å²) in [5, 5.41) is 1.88. The summed E-state index contributed by atoms with van der Waals surface area (Å²) in [4.78, 5) is 18.0. The van der Waals surface area contributed by atoms with Gasteiger partial charge < -0.3 is 4.74 Å². The first-order valence-corrected chi connectivity index (χ1v) is 7.46. The van der Waals surface area contributed by atoms with Crippen molar-refractivity contribution in [2.24, 2.45) is 0 Å². The molecule has 4 heteroatoms. The number of carbonyl (C=O) groups is 1. The zero-order valence-corrected chi connectivity index (χ0v) is 11.8. The molecule has 2 heterocycles. The highest BCUT2D eigenvalue weighted by atomic mass is 16.7. The molecule has 2 aliphatic rings. The SMILES string of the molecule is CCCC[C@H]1C[C@@H]2C(=O)OC[C@@H](c3ccccc3)N2O1. The molecule has 3 rings (SSSR count). The van der Waals surface area contributed by atoms with Crippen molar-refractivity contribution in [3.63, 3.8) is 0 Å². The largest absolute Gasteiger partial charge is 0.462 e. The van der Waals surface area contributed by atoms with Crippen LogP contribution in [0.1, 0.15) is 44.2 Å². The standard InChI is InChI=1S/C16H21NO3/c1-2-3-9-13-10-14-16(18)19-11-15(17(14)20-13)12-7-5-4-6-8-12/h4-8,13-15H,2-3,9-11H2,1H3/t13-,14+,15-/m0/s1. The summed E-state index contributed by atoms with van der Waals surface area (Å²) in [5.41, 5.74) is 1.14. The van der Waals surface area contributed by atoms with Gasteiger partial charge in [-0.3, -0.25) is 9.63 Å². The molecule has 2 saturated heterocycles. The normalized spacial score (nSPS) is 30.1. The van der Waals surface area contributed by atoms with Crippen molar-refractivity contribution >= 4 is 5.97 Å². The van der Waals surface area contributed by atoms with Crippen LogP contribution in [0.25, 0.3) is 0 Å². The van der Waals surface area contributed by atoms with Gasteiger partial charge in [0.15, 0.2) is 0 Å². The summed E-state index contributed by atoms with van der Waals surface area (Å²) in [6, 6.07) is 9.90. The van der Waals surface area contributed by atoms with E-state index in [0.29, 0.717) is 6.61 Å². The van der Waals surface area contributed by atoms with E-state index in [0.717, 1.165) is 31.2 Å². The number of hydroxylamine groups is 2. The highest BCUT2D eigenvalue weighted by molar-refractivity contribution is 5.76. The molecule has 3 atom stereocenters. The predicted molar refractivity (Wildman–Crippen MR) is 74.8 cm³/mol. The van der Waals surface area contributed by atoms with Gasteiger partial charge in [-0.15, -0.1) is 0 Å². The Morgan fingerprint density at radius 3 is 2.80 bits per heavy atom. The number of fused-ring (bicyclic) bond motifs is 1. The number of esters is 1. The Morgan fingerprint density at radius 1 is 1.25 bits per heavy atom. The molecular weight excluding hydrogens is 254 g/mol. The molecule has 2 fully saturated rings. The fourth-order valence-electron chi connectivity index (χ4n) is 2.98. The molecule has 0 saturated carbocycles. The third kappa shape index (κ3) is 2.58. The van der Waals surface area contributed by atoms with E-state index >= 15 is 0 Å². The molecule has 0 bridgehead atoms. The lowest BCUT2D eigenvalue weighted by Crippen LogP contribution is -2.46. The summed E-state index contributed by atoms with van der Waals surface area (Å²) >= 11 is 0. The van der Waals surface area contributed by atoms with Crippen LogP contribution in [0.15, 0.2) is 30.3 Å². The van der Waals surface area contributed by atoms with Crippen molar-refractivity contribution in [2.75, 3.05) is 6.61 Å². The Labute approximate surface area is 119 Å². The molecule has 0 radical (unpaired) electrons. The molecular formula is C16H21NO3. The number of unbranched alkanes of at least 4 members (excludes halogenated alkanes) is 1. The number of benzene rings is 1. The number of cyclic esters (lactones) is 1. The molecule has 1 aromatic rings. The Bertz CT molecular complexity index is 462. The summed E-state index contributed by atoms with van der Waals surface area (Å²) < 4.78 is 5.35. The minimum Gasteiger partial charge on any atom is -0.462 e. The van der Waals surface area contributed by atoms with Crippen molar-refractivity contribution < 1.29 is 14.4 Å². The van der Waals surface area contributed by atoms with Crippen molar-refractivity contribution in [3.05, 3.63) is 35.9 Å². The maximum Gasteiger partial charge on any atom is 0.325 e. The Kier molecular flexibility index (Phi) is 4.03. The molecule has 0 unspecified atom stereocenters. The van der Waals surface area contributed by atoms with E-state index in [1.807, 2.05) is 23.3 Å². The van der Waals surface area contributed by atoms with Crippen LogP contribution in [-0.2, 0) is 14.4 Å². The Balaban J connectivity index is 1.76. The van der Waals surface area contributed by atoms with Gasteiger partial charge in [0, 0.05) is 6.42 Å². The smallest absolute Gasteiger partial charge is 0.325 e. The van der Waals surface area contributed by atoms with Gasteiger partial charge in [-0.25, -0.2) is 0 Å². The highest BCUT2D eigenvalue weighted by Crippen LogP contribution is 2.36. The van der Waals surface area contributed by atoms with E-state index in [2.05, 4.69) is 19.1 Å². The average molecular weight is 275 g/mol. The van der Waals surface area contributed by atoms with Crippen LogP contribution < -0.4 is 0 Å². The van der Waals surface area contributed by atoms with Crippen LogP contribution in [0.5, 0.6) is 0 Å². The molecule has 4 nitrogen and oxygen atoms in total. The summed E-state index contributed by atoms with van der Waals surface area (Å²) in [6.07, 6.45) is 4.20. The van der Waals surface area contributed by atoms with E-state index in [9.17, 15) is 4.79 Å². The number of carbonyl (C=O) groups excluding carboxylic acids is 1. The van der Waals surface area contributed by atoms with Gasteiger partial charge in [-0.05, 0) is 12.0 Å². The number of rotatable bonds is 4. The van der Waals surface area contributed by atoms with Crippen LogP contribution in [0.2, 0.25) is 0 Å². The van der Waals surface area contributed by atoms with Crippen molar-refractivity contribution in [1.29, 1.82) is 0 Å². The van der Waals surface area contributed by atoms with E-state index in [-0.39, 0.29) is 24.2 Å². The van der Waals surface area contributed by atoms with E-state index < -0.39 is 0 Å². The minimum absolute atomic E-state index is 0.0190. The number of hydrogen-bond donors (Lipinski definition) is 0. The number of morpholine rings is 1. The van der Waals surface area contributed by atoms with Crippen molar-refractivity contribution in [3.8, 4) is 0 Å². The monoisotopic (exact) mass is 275 g/mol. The second kappa shape index (κ2) is 5.94. The second-order valence-corrected chi connectivity index (χ2v) is 5.54. The van der Waals surface area contributed by atoms with Crippen LogP contribution in [-0.4, -0.2) is 29.8 Å². The summed E-state index contributed by atoms with van der Waals surface area (Å²) in [6.45, 7) is 2.54. The van der Waals surface area contributed by atoms with Crippen LogP contribution >= 0.6 is 0 Å². The first-order chi connectivity index (χ1) is 9.79. The van der Waals surface area contributed by atoms with Crippen molar-refractivity contribution in [2.45, 2.75) is 50.8 Å². The maximum atomic E-state index is 11.9. The molecule has 0 amide bonds.